The molecule has 0 bridgehead atoms. The van der Waals surface area contributed by atoms with Crippen LogP contribution in [-0.2, 0) is 60.1 Å². The molecule has 32 heteroatoms. The van der Waals surface area contributed by atoms with E-state index >= 15 is 0 Å². The summed E-state index contributed by atoms with van der Waals surface area (Å²) in [4.78, 5) is 46.2. The Kier molecular flexibility index (Phi) is 34.1. The zero-order valence-electron chi connectivity index (χ0n) is 70.4. The molecular weight excluding hydrogens is 1560 g/mol. The van der Waals surface area contributed by atoms with Crippen LogP contribution in [0.25, 0.3) is 17.2 Å². The summed E-state index contributed by atoms with van der Waals surface area (Å²) < 4.78 is 34.4. The number of nitrogens with two attached hydrogens (primary N) is 3. The van der Waals surface area contributed by atoms with Crippen molar-refractivity contribution >= 4 is 51.9 Å². The Labute approximate surface area is 700 Å². The van der Waals surface area contributed by atoms with Crippen molar-refractivity contribution in [3.63, 3.8) is 0 Å². The van der Waals surface area contributed by atoms with E-state index in [9.17, 15) is 75.7 Å². The van der Waals surface area contributed by atoms with Crippen molar-refractivity contribution in [2.24, 2.45) is 75.6 Å². The second-order valence-electron chi connectivity index (χ2n) is 35.8. The number of allylic oxidation sites excluding steroid dienone is 1. The number of nitrogens with zero attached hydrogens (tertiary/aromatic N) is 4. The number of rotatable bonds is 24. The highest BCUT2D eigenvalue weighted by molar-refractivity contribution is 7.96. The number of hydrogen-bond acceptors (Lipinski definition) is 29. The zero-order valence-corrected chi connectivity index (χ0v) is 71.2. The van der Waals surface area contributed by atoms with Gasteiger partial charge in [-0.05, 0) is 176 Å². The highest BCUT2D eigenvalue weighted by Crippen LogP contribution is 2.67. The molecule has 7 fully saturated rings. The summed E-state index contributed by atoms with van der Waals surface area (Å²) >= 11 is 0. The van der Waals surface area contributed by atoms with Gasteiger partial charge in [-0.3, -0.25) is 9.36 Å². The molecule has 0 amide bonds. The van der Waals surface area contributed by atoms with Gasteiger partial charge in [0, 0.05) is 25.0 Å². The van der Waals surface area contributed by atoms with Crippen molar-refractivity contribution in [1.29, 1.82) is 0 Å². The standard InChI is InChI=1S/C29H50O.C24H30O11.C15H22N6O5S.C13H18O2.C6H13NO5/c1-7-21(19(2)3)9-8-20(4)25-12-13-26-24-11-10-22-18-23(30)14-16-28(22,5)27(24)15-17-29(25,26)6;1-23(35-16(27)8-7-13-5-3-2-4-6-13)11-15(26)24(31)9-10-32-22(20(23)24)34-21-19(30)18(29)17(28)14(12-25)33-21;1-27(3-2-7(16)15(24)25)4-8-10(22)11(23)14(26-8)21-6-20-9-12(17)18-5-19-13(9)21;1-9(2)8-11-4-6-12(7-5-11)10(3)13(14)15;7-3-5(10)4(9)2(1-8)12-6(3)11/h10,19-21,23-27,30H,7-9,11-18H2,1-6H3;2-10,14-15,17-22,25-26,28-31H,11-12H2,1H3;5-8,10-11,14,22-23H,2-4,16H2,1H3,(H2-,17,18,19,24,25);4-7,9-10H,8H2,1-3H3,(H,14,15);2-6,8-11H,1,7H2/b;8-7+;;;/t20-,21-,23+,24+,25-,26+,27+,28+,29-;14-,15-,17-,18+,19-,20-,21+,22+,23+,24-;7-,8+,10+,11+,14+,27?;;2-,3-,4-,5-,6?/m110.1/s1. The van der Waals surface area contributed by atoms with Gasteiger partial charge in [-0.25, -0.2) is 19.7 Å². The smallest absolute Gasteiger partial charge is 0.331 e. The van der Waals surface area contributed by atoms with E-state index < -0.39 is 158 Å². The van der Waals surface area contributed by atoms with Crippen LogP contribution in [0.4, 0.5) is 5.82 Å². The fourth-order valence-corrected chi connectivity index (χ4v) is 21.5. The lowest BCUT2D eigenvalue weighted by atomic mass is 9.47. The number of imidazole rings is 1. The molecule has 4 aliphatic heterocycles. The lowest BCUT2D eigenvalue weighted by molar-refractivity contribution is -0.351. The average molecular weight is 1690 g/mol. The lowest BCUT2D eigenvalue weighted by Crippen LogP contribution is -2.62. The van der Waals surface area contributed by atoms with Gasteiger partial charge in [0.2, 0.25) is 6.29 Å². The minimum Gasteiger partial charge on any atom is -0.548 e. The van der Waals surface area contributed by atoms with Crippen molar-refractivity contribution in [3.8, 4) is 0 Å². The molecule has 20 N–H and O–H groups in total. The molecule has 4 aromatic rings. The number of aliphatic hydroxyl groups is 13. The van der Waals surface area contributed by atoms with Gasteiger partial charge < -0.3 is 127 Å². The van der Waals surface area contributed by atoms with Gasteiger partial charge in [-0.1, -0.05) is 134 Å². The third kappa shape index (κ3) is 22.5. The zero-order chi connectivity index (χ0) is 87.5. The summed E-state index contributed by atoms with van der Waals surface area (Å²) in [5, 5.41) is 148. The van der Waals surface area contributed by atoms with E-state index in [1.54, 1.807) is 30.7 Å². The number of aliphatic carboxylic acids is 2. The average Bonchev–Trinajstić information content (AvgIpc) is 1.66. The Morgan fingerprint density at radius 1 is 0.765 bits per heavy atom. The molecule has 2 aromatic heterocycles. The molecule has 5 aliphatic carbocycles. The van der Waals surface area contributed by atoms with Crippen LogP contribution in [0.3, 0.4) is 0 Å². The first-order valence-corrected chi connectivity index (χ1v) is 44.0. The maximum absolute atomic E-state index is 12.6. The Balaban J connectivity index is 0.000000177. The number of carboxylic acid groups (broad SMARTS) is 2. The van der Waals surface area contributed by atoms with Crippen LogP contribution >= 0.6 is 0 Å². The fourth-order valence-electron chi connectivity index (χ4n) is 19.9. The maximum atomic E-state index is 12.6. The van der Waals surface area contributed by atoms with Gasteiger partial charge in [-0.15, -0.1) is 0 Å². The number of carbonyl (C=O) groups is 3. The highest BCUT2D eigenvalue weighted by Gasteiger charge is 2.67. The SMILES string of the molecule is CC(C)Cc1ccc(C(C)C(=O)O)cc1.CC[C@H](CC[C@@H](C)[C@H]1CC[C@H]2[C@@H]3CC=C4C[C@@H](O)CC[C@]4(C)[C@H]3CC[C@]12C)C(C)C.C[C@]1(OC(=O)/C=C/c2ccccc2)C[C@@H](O)[C@]2(O)C=CO[C@@H](O[C@@H]3O[C@H](CO)[C@@H](O)[C@H](O)[C@H]3O)[C@@H]21.C[S+](CC[C@H](N)C(=O)[O-])C[C@H]1O[C@@H](n2cnc3c(N)ncnc32)[C@H](O)[C@@H]1O.N[C@H]1C(O)O[C@H](CO)[C@@H](O)[C@@H]1O. The second-order valence-corrected chi connectivity index (χ2v) is 38.1. The highest BCUT2D eigenvalue weighted by atomic mass is 32.2. The third-order valence-electron chi connectivity index (χ3n) is 27.0. The first-order chi connectivity index (χ1) is 56.2. The number of fused-ring (bicyclic) bond motifs is 7. The molecular formula is C87H133N7O24S. The van der Waals surface area contributed by atoms with E-state index in [0.717, 1.165) is 78.1 Å². The summed E-state index contributed by atoms with van der Waals surface area (Å²) in [5.41, 5.74) is 19.4. The molecule has 13 rings (SSSR count). The normalized spacial score (nSPS) is 37.0. The van der Waals surface area contributed by atoms with E-state index in [-0.39, 0.29) is 35.7 Å². The van der Waals surface area contributed by atoms with Crippen LogP contribution in [0.2, 0.25) is 0 Å². The first kappa shape index (κ1) is 96.6. The molecule has 9 aliphatic rings. The number of aromatic nitrogens is 4. The number of esters is 1. The van der Waals surface area contributed by atoms with Gasteiger partial charge in [0.15, 0.2) is 30.3 Å². The van der Waals surface area contributed by atoms with Gasteiger partial charge in [-0.2, -0.15) is 0 Å². The number of nitrogen functional groups attached to an aromatic ring is 1. The predicted octanol–water partition coefficient (Wildman–Crippen LogP) is 3.39. The number of hydrogen-bond donors (Lipinski definition) is 17. The number of carbonyl (C=O) groups excluding carboxylic acids is 2. The van der Waals surface area contributed by atoms with E-state index in [0.29, 0.717) is 39.4 Å². The van der Waals surface area contributed by atoms with Crippen molar-refractivity contribution in [3.05, 3.63) is 114 Å². The van der Waals surface area contributed by atoms with E-state index in [2.05, 4.69) is 76.4 Å². The van der Waals surface area contributed by atoms with E-state index in [1.165, 1.54) is 99.6 Å². The quantitative estimate of drug-likeness (QED) is 0.0207. The van der Waals surface area contributed by atoms with Gasteiger partial charge >= 0.3 is 11.9 Å². The van der Waals surface area contributed by atoms with Crippen molar-refractivity contribution in [2.75, 3.05) is 36.7 Å². The minimum atomic E-state index is -1.91. The molecule has 31 atom stereocenters. The number of ether oxygens (including phenoxy) is 6. The summed E-state index contributed by atoms with van der Waals surface area (Å²) in [6.07, 6.45) is 8.89. The number of anilines is 1. The largest absolute Gasteiger partial charge is 0.548 e. The van der Waals surface area contributed by atoms with Crippen LogP contribution in [-0.4, -0.2) is 255 Å². The first-order valence-electron chi connectivity index (χ1n) is 42.1. The van der Waals surface area contributed by atoms with E-state index in [4.69, 9.17) is 60.9 Å². The third-order valence-corrected chi connectivity index (χ3v) is 28.9. The topological polar surface area (TPSA) is 535 Å². The molecule has 2 aromatic carbocycles. The minimum absolute atomic E-state index is 0.0794. The van der Waals surface area contributed by atoms with Gasteiger partial charge in [0.25, 0.3) is 0 Å². The molecule has 31 nitrogen and oxygen atoms in total. The summed E-state index contributed by atoms with van der Waals surface area (Å²) in [6.45, 7) is 21.5. The molecule has 3 unspecified atom stereocenters. The molecule has 3 saturated heterocycles. The number of aliphatic hydroxyl groups excluding tert-OH is 12. The molecule has 119 heavy (non-hydrogen) atoms. The van der Waals surface area contributed by atoms with Crippen molar-refractivity contribution in [1.82, 2.24) is 19.5 Å². The lowest BCUT2D eigenvalue weighted by Gasteiger charge is -2.58. The molecule has 6 heterocycles. The van der Waals surface area contributed by atoms with E-state index in [1.807, 2.05) is 48.7 Å². The van der Waals surface area contributed by atoms with Crippen LogP contribution in [0.15, 0.2) is 97.3 Å². The number of benzene rings is 2. The number of carboxylic acids is 2. The molecule has 0 spiro atoms. The van der Waals surface area contributed by atoms with Crippen molar-refractivity contribution in [2.45, 2.75) is 287 Å². The Morgan fingerprint density at radius 3 is 2.07 bits per heavy atom. The summed E-state index contributed by atoms with van der Waals surface area (Å²) in [5.74, 6) is 3.79. The van der Waals surface area contributed by atoms with Crippen LogP contribution in [0.5, 0.6) is 0 Å². The van der Waals surface area contributed by atoms with Crippen LogP contribution in [0, 0.1) is 64.1 Å². The molecule has 0 radical (unpaired) electrons. The van der Waals surface area contributed by atoms with Gasteiger partial charge in [0.05, 0.1) is 68.1 Å². The maximum Gasteiger partial charge on any atom is 0.331 e. The van der Waals surface area contributed by atoms with Crippen LogP contribution < -0.4 is 22.3 Å². The molecule has 4 saturated carbocycles. The monoisotopic (exact) mass is 1690 g/mol. The summed E-state index contributed by atoms with van der Waals surface area (Å²) in [6, 6.07) is 14.9. The Bertz CT molecular complexity index is 3990. The Hall–Kier alpha value is -6.19. The van der Waals surface area contributed by atoms with Gasteiger partial charge in [0.1, 0.15) is 95.6 Å². The Morgan fingerprint density at radius 2 is 1.43 bits per heavy atom. The van der Waals surface area contributed by atoms with Crippen LogP contribution in [0.1, 0.15) is 182 Å². The fraction of sp³-hybridized carbons (Fsp3) is 0.701. The van der Waals surface area contributed by atoms with Crippen molar-refractivity contribution < 1.29 is 119 Å². The molecule has 666 valence electrons. The second kappa shape index (κ2) is 42.0. The summed E-state index contributed by atoms with van der Waals surface area (Å²) in [7, 11) is -0.263. The predicted molar refractivity (Wildman–Crippen MR) is 441 cm³/mol.